The number of hydrazine groups is 1. The first-order valence-corrected chi connectivity index (χ1v) is 7.29. The number of nitrogens with two attached hydrogens (primary N) is 1. The topological polar surface area (TPSA) is 51.2 Å². The lowest BCUT2D eigenvalue weighted by atomic mass is 10.0. The predicted molar refractivity (Wildman–Crippen MR) is 81.0 cm³/mol. The minimum Gasteiger partial charge on any atom is -0.464 e. The van der Waals surface area contributed by atoms with E-state index in [1.54, 1.807) is 0 Å². The molecule has 0 saturated heterocycles. The van der Waals surface area contributed by atoms with Gasteiger partial charge in [-0.15, -0.1) is 0 Å². The van der Waals surface area contributed by atoms with Crippen molar-refractivity contribution in [1.29, 1.82) is 0 Å². The summed E-state index contributed by atoms with van der Waals surface area (Å²) < 4.78 is 6.69. The van der Waals surface area contributed by atoms with Crippen molar-refractivity contribution in [2.45, 2.75) is 25.8 Å². The van der Waals surface area contributed by atoms with Crippen LogP contribution in [-0.2, 0) is 12.8 Å². The monoisotopic (exact) mass is 342 g/mol. The van der Waals surface area contributed by atoms with E-state index in [0.717, 1.165) is 33.0 Å². The molecule has 3 nitrogen and oxygen atoms in total. The third-order valence-electron chi connectivity index (χ3n) is 3.01. The normalized spacial score (nSPS) is 12.6. The fourth-order valence-electron chi connectivity index (χ4n) is 1.92. The van der Waals surface area contributed by atoms with Gasteiger partial charge in [-0.1, -0.05) is 40.5 Å². The van der Waals surface area contributed by atoms with Crippen LogP contribution in [0.4, 0.5) is 0 Å². The maximum Gasteiger partial charge on any atom is 0.122 e. The Morgan fingerprint density at radius 1 is 1.37 bits per heavy atom. The Labute approximate surface area is 126 Å². The van der Waals surface area contributed by atoms with E-state index in [2.05, 4.69) is 28.3 Å². The molecular weight excluding hydrogens is 328 g/mol. The highest BCUT2D eigenvalue weighted by Gasteiger charge is 2.16. The molecule has 2 rings (SSSR count). The highest BCUT2D eigenvalue weighted by Crippen LogP contribution is 2.27. The zero-order chi connectivity index (χ0) is 13.8. The molecule has 1 aromatic heterocycles. The van der Waals surface area contributed by atoms with Crippen molar-refractivity contribution < 1.29 is 4.42 Å². The van der Waals surface area contributed by atoms with Crippen LogP contribution in [0.15, 0.2) is 39.2 Å². The number of furan rings is 1. The van der Waals surface area contributed by atoms with E-state index in [9.17, 15) is 0 Å². The third-order valence-corrected chi connectivity index (χ3v) is 3.86. The lowest BCUT2D eigenvalue weighted by molar-refractivity contribution is 0.396. The van der Waals surface area contributed by atoms with Gasteiger partial charge in [0.2, 0.25) is 0 Å². The molecule has 19 heavy (non-hydrogen) atoms. The van der Waals surface area contributed by atoms with Crippen LogP contribution >= 0.6 is 27.5 Å². The molecule has 102 valence electrons. The molecular formula is C14H16BrClN2O. The maximum absolute atomic E-state index is 6.22. The standard InChI is InChI=1S/C14H16BrClN2O/c1-2-11-5-6-14(19-11)13(18-17)7-9-3-4-10(15)8-12(9)16/h3-6,8,13,18H,2,7,17H2,1H3. The summed E-state index contributed by atoms with van der Waals surface area (Å²) in [5.41, 5.74) is 3.81. The number of halogens is 2. The molecule has 0 aliphatic carbocycles. The number of hydrogen-bond acceptors (Lipinski definition) is 3. The highest BCUT2D eigenvalue weighted by molar-refractivity contribution is 9.10. The number of hydrogen-bond donors (Lipinski definition) is 2. The van der Waals surface area contributed by atoms with Gasteiger partial charge in [0.1, 0.15) is 11.5 Å². The van der Waals surface area contributed by atoms with Crippen molar-refractivity contribution in [2.24, 2.45) is 5.84 Å². The zero-order valence-electron chi connectivity index (χ0n) is 10.6. The van der Waals surface area contributed by atoms with Gasteiger partial charge in [0.15, 0.2) is 0 Å². The second-order valence-corrected chi connectivity index (χ2v) is 5.64. The molecule has 1 aromatic carbocycles. The second kappa shape index (κ2) is 6.57. The first-order valence-electron chi connectivity index (χ1n) is 6.12. The van der Waals surface area contributed by atoms with Crippen molar-refractivity contribution in [3.8, 4) is 0 Å². The van der Waals surface area contributed by atoms with Crippen molar-refractivity contribution >= 4 is 27.5 Å². The van der Waals surface area contributed by atoms with Gasteiger partial charge in [-0.2, -0.15) is 0 Å². The van der Waals surface area contributed by atoms with Crippen molar-refractivity contribution in [1.82, 2.24) is 5.43 Å². The summed E-state index contributed by atoms with van der Waals surface area (Å²) >= 11 is 9.62. The summed E-state index contributed by atoms with van der Waals surface area (Å²) in [6.45, 7) is 2.05. The fourth-order valence-corrected chi connectivity index (χ4v) is 2.67. The van der Waals surface area contributed by atoms with Crippen molar-refractivity contribution in [3.63, 3.8) is 0 Å². The average molecular weight is 344 g/mol. The molecule has 2 aromatic rings. The van der Waals surface area contributed by atoms with Crippen LogP contribution in [0, 0.1) is 0 Å². The van der Waals surface area contributed by atoms with Crippen LogP contribution in [0.2, 0.25) is 5.02 Å². The van der Waals surface area contributed by atoms with Gasteiger partial charge in [0, 0.05) is 15.9 Å². The molecule has 0 aliphatic rings. The van der Waals surface area contributed by atoms with Crippen LogP contribution in [0.25, 0.3) is 0 Å². The Morgan fingerprint density at radius 3 is 2.74 bits per heavy atom. The molecule has 0 saturated carbocycles. The Balaban J connectivity index is 2.18. The van der Waals surface area contributed by atoms with Crippen LogP contribution in [0.5, 0.6) is 0 Å². The molecule has 5 heteroatoms. The van der Waals surface area contributed by atoms with Gasteiger partial charge in [-0.3, -0.25) is 5.84 Å². The molecule has 0 spiro atoms. The number of rotatable bonds is 5. The molecule has 0 amide bonds. The summed E-state index contributed by atoms with van der Waals surface area (Å²) in [4.78, 5) is 0. The highest BCUT2D eigenvalue weighted by atomic mass is 79.9. The van der Waals surface area contributed by atoms with Gasteiger partial charge >= 0.3 is 0 Å². The van der Waals surface area contributed by atoms with Gasteiger partial charge in [-0.05, 0) is 36.2 Å². The van der Waals surface area contributed by atoms with E-state index in [-0.39, 0.29) is 6.04 Å². The van der Waals surface area contributed by atoms with Crippen LogP contribution in [-0.4, -0.2) is 0 Å². The van der Waals surface area contributed by atoms with Crippen molar-refractivity contribution in [3.05, 3.63) is 56.9 Å². The average Bonchev–Trinajstić information content (AvgIpc) is 2.86. The Kier molecular flexibility index (Phi) is 5.05. The molecule has 1 atom stereocenters. The first kappa shape index (κ1) is 14.6. The summed E-state index contributed by atoms with van der Waals surface area (Å²) in [6, 6.07) is 9.68. The minimum absolute atomic E-state index is 0.0843. The summed E-state index contributed by atoms with van der Waals surface area (Å²) in [5.74, 6) is 7.41. The summed E-state index contributed by atoms with van der Waals surface area (Å²) in [7, 11) is 0. The van der Waals surface area contributed by atoms with E-state index in [1.165, 1.54) is 0 Å². The quantitative estimate of drug-likeness (QED) is 0.637. The number of aryl methyl sites for hydroxylation is 1. The van der Waals surface area contributed by atoms with E-state index in [0.29, 0.717) is 6.42 Å². The van der Waals surface area contributed by atoms with E-state index in [1.807, 2.05) is 30.3 Å². The molecule has 1 heterocycles. The molecule has 1 unspecified atom stereocenters. The van der Waals surface area contributed by atoms with Crippen LogP contribution in [0.1, 0.15) is 30.0 Å². The first-order chi connectivity index (χ1) is 9.13. The smallest absolute Gasteiger partial charge is 0.122 e. The summed E-state index contributed by atoms with van der Waals surface area (Å²) in [6.07, 6.45) is 1.55. The van der Waals surface area contributed by atoms with E-state index in [4.69, 9.17) is 21.9 Å². The largest absolute Gasteiger partial charge is 0.464 e. The lowest BCUT2D eigenvalue weighted by Gasteiger charge is -2.14. The number of benzene rings is 1. The van der Waals surface area contributed by atoms with Gasteiger partial charge < -0.3 is 4.42 Å². The van der Waals surface area contributed by atoms with Gasteiger partial charge in [0.25, 0.3) is 0 Å². The lowest BCUT2D eigenvalue weighted by Crippen LogP contribution is -2.29. The fraction of sp³-hybridized carbons (Fsp3) is 0.286. The SMILES string of the molecule is CCc1ccc(C(Cc2ccc(Br)cc2Cl)NN)o1. The maximum atomic E-state index is 6.22. The summed E-state index contributed by atoms with van der Waals surface area (Å²) in [5, 5.41) is 0.719. The van der Waals surface area contributed by atoms with E-state index >= 15 is 0 Å². The molecule has 3 N–H and O–H groups in total. The van der Waals surface area contributed by atoms with Crippen molar-refractivity contribution in [2.75, 3.05) is 0 Å². The molecule has 0 aliphatic heterocycles. The van der Waals surface area contributed by atoms with E-state index < -0.39 is 0 Å². The van der Waals surface area contributed by atoms with Gasteiger partial charge in [-0.25, -0.2) is 5.43 Å². The molecule has 0 bridgehead atoms. The third kappa shape index (κ3) is 3.60. The number of nitrogens with one attached hydrogen (secondary N) is 1. The predicted octanol–water partition coefficient (Wildman–Crippen LogP) is 4.01. The Hall–Kier alpha value is -0.810. The van der Waals surface area contributed by atoms with Gasteiger partial charge in [0.05, 0.1) is 6.04 Å². The minimum atomic E-state index is -0.0843. The second-order valence-electron chi connectivity index (χ2n) is 4.32. The molecule has 0 radical (unpaired) electrons. The zero-order valence-corrected chi connectivity index (χ0v) is 13.0. The van der Waals surface area contributed by atoms with Crippen LogP contribution < -0.4 is 11.3 Å². The molecule has 0 fully saturated rings. The van der Waals surface area contributed by atoms with Crippen LogP contribution in [0.3, 0.4) is 0 Å². The Bertz CT molecular complexity index is 556. The Morgan fingerprint density at radius 2 is 2.16 bits per heavy atom.